The summed E-state index contributed by atoms with van der Waals surface area (Å²) in [6, 6.07) is 2.14. The zero-order valence-corrected chi connectivity index (χ0v) is 12.3. The number of rotatable bonds is 3. The maximum Gasteiger partial charge on any atom is 0.276 e. The lowest BCUT2D eigenvalue weighted by molar-refractivity contribution is 0.0576. The maximum absolute atomic E-state index is 12.7. The van der Waals surface area contributed by atoms with Crippen LogP contribution in [0.1, 0.15) is 42.4 Å². The SMILES string of the molecule is CCCc1cc(C(=O)N2C[C@@H]3CC[C@H]2CN(C)C3)no1. The van der Waals surface area contributed by atoms with Crippen LogP contribution < -0.4 is 0 Å². The molecule has 3 aliphatic heterocycles. The van der Waals surface area contributed by atoms with Gasteiger partial charge < -0.3 is 14.3 Å². The predicted octanol–water partition coefficient (Wildman–Crippen LogP) is 1.79. The summed E-state index contributed by atoms with van der Waals surface area (Å²) in [7, 11) is 2.15. The van der Waals surface area contributed by atoms with Crippen LogP contribution in [0.25, 0.3) is 0 Å². The van der Waals surface area contributed by atoms with E-state index in [1.54, 1.807) is 0 Å². The zero-order valence-electron chi connectivity index (χ0n) is 12.3. The molecule has 3 aliphatic rings. The van der Waals surface area contributed by atoms with Gasteiger partial charge in [0.05, 0.1) is 0 Å². The van der Waals surface area contributed by atoms with Gasteiger partial charge in [-0.25, -0.2) is 0 Å². The van der Waals surface area contributed by atoms with Gasteiger partial charge in [0, 0.05) is 38.2 Å². The Kier molecular flexibility index (Phi) is 3.78. The van der Waals surface area contributed by atoms with Gasteiger partial charge in [0.2, 0.25) is 0 Å². The summed E-state index contributed by atoms with van der Waals surface area (Å²) in [5, 5.41) is 3.96. The van der Waals surface area contributed by atoms with Gasteiger partial charge in [-0.15, -0.1) is 0 Å². The van der Waals surface area contributed by atoms with Crippen LogP contribution in [-0.2, 0) is 6.42 Å². The van der Waals surface area contributed by atoms with Gasteiger partial charge >= 0.3 is 0 Å². The molecule has 110 valence electrons. The fourth-order valence-corrected chi connectivity index (χ4v) is 3.49. The number of amides is 1. The normalized spacial score (nSPS) is 26.8. The Bertz CT molecular complexity index is 485. The number of aromatic nitrogens is 1. The third kappa shape index (κ3) is 2.59. The summed E-state index contributed by atoms with van der Waals surface area (Å²) < 4.78 is 5.24. The summed E-state index contributed by atoms with van der Waals surface area (Å²) >= 11 is 0. The van der Waals surface area contributed by atoms with E-state index in [9.17, 15) is 4.79 Å². The summed E-state index contributed by atoms with van der Waals surface area (Å²) in [5.41, 5.74) is 0.476. The largest absolute Gasteiger partial charge is 0.361 e. The Morgan fingerprint density at radius 1 is 1.40 bits per heavy atom. The van der Waals surface area contributed by atoms with Crippen molar-refractivity contribution < 1.29 is 9.32 Å². The fraction of sp³-hybridized carbons (Fsp3) is 0.733. The third-order valence-corrected chi connectivity index (χ3v) is 4.43. The molecule has 20 heavy (non-hydrogen) atoms. The first kappa shape index (κ1) is 13.6. The smallest absolute Gasteiger partial charge is 0.276 e. The Balaban J connectivity index is 1.76. The summed E-state index contributed by atoms with van der Waals surface area (Å²) in [5.74, 6) is 1.46. The second-order valence-corrected chi connectivity index (χ2v) is 6.20. The van der Waals surface area contributed by atoms with E-state index in [1.807, 2.05) is 11.0 Å². The quantitative estimate of drug-likeness (QED) is 0.845. The van der Waals surface area contributed by atoms with E-state index in [-0.39, 0.29) is 5.91 Å². The van der Waals surface area contributed by atoms with Crippen molar-refractivity contribution in [1.82, 2.24) is 15.0 Å². The first-order chi connectivity index (χ1) is 9.67. The number of nitrogens with zero attached hydrogens (tertiary/aromatic N) is 3. The number of hydrogen-bond acceptors (Lipinski definition) is 4. The molecule has 1 aromatic heterocycles. The van der Waals surface area contributed by atoms with Crippen LogP contribution in [0.15, 0.2) is 10.6 Å². The molecule has 1 amide bonds. The first-order valence-electron chi connectivity index (χ1n) is 7.62. The lowest BCUT2D eigenvalue weighted by atomic mass is 9.94. The van der Waals surface area contributed by atoms with Crippen LogP contribution in [0, 0.1) is 5.92 Å². The third-order valence-electron chi connectivity index (χ3n) is 4.43. The molecule has 0 saturated carbocycles. The molecule has 0 radical (unpaired) electrons. The lowest BCUT2D eigenvalue weighted by Crippen LogP contribution is -2.47. The second kappa shape index (κ2) is 5.56. The Labute approximate surface area is 119 Å². The van der Waals surface area contributed by atoms with Gasteiger partial charge in [0.15, 0.2) is 5.69 Å². The van der Waals surface area contributed by atoms with Gasteiger partial charge in [-0.2, -0.15) is 0 Å². The van der Waals surface area contributed by atoms with E-state index in [0.29, 0.717) is 17.7 Å². The van der Waals surface area contributed by atoms with Gasteiger partial charge in [0.25, 0.3) is 5.91 Å². The number of aryl methyl sites for hydroxylation is 1. The molecule has 0 unspecified atom stereocenters. The molecule has 2 bridgehead atoms. The van der Waals surface area contributed by atoms with Crippen LogP contribution in [0.3, 0.4) is 0 Å². The maximum atomic E-state index is 12.7. The average molecular weight is 277 g/mol. The van der Waals surface area contributed by atoms with Crippen molar-refractivity contribution in [3.63, 3.8) is 0 Å². The van der Waals surface area contributed by atoms with Crippen molar-refractivity contribution >= 4 is 5.91 Å². The van der Waals surface area contributed by atoms with Crippen LogP contribution in [-0.4, -0.2) is 53.6 Å². The number of piperidine rings is 1. The Hall–Kier alpha value is -1.36. The number of likely N-dealkylation sites (N-methyl/N-ethyl adjacent to an activating group) is 1. The Morgan fingerprint density at radius 3 is 3.05 bits per heavy atom. The van der Waals surface area contributed by atoms with Gasteiger partial charge in [-0.1, -0.05) is 12.1 Å². The minimum Gasteiger partial charge on any atom is -0.361 e. The second-order valence-electron chi connectivity index (χ2n) is 6.20. The van der Waals surface area contributed by atoms with Gasteiger partial charge in [-0.05, 0) is 32.2 Å². The van der Waals surface area contributed by atoms with Crippen molar-refractivity contribution in [3.8, 4) is 0 Å². The highest BCUT2D eigenvalue weighted by atomic mass is 16.5. The minimum atomic E-state index is 0.0427. The van der Waals surface area contributed by atoms with Crippen molar-refractivity contribution in [2.45, 2.75) is 38.6 Å². The lowest BCUT2D eigenvalue weighted by Gasteiger charge is -2.35. The zero-order chi connectivity index (χ0) is 14.1. The molecule has 5 nitrogen and oxygen atoms in total. The number of fused-ring (bicyclic) bond motifs is 4. The molecule has 0 N–H and O–H groups in total. The monoisotopic (exact) mass is 277 g/mol. The molecule has 4 rings (SSSR count). The Morgan fingerprint density at radius 2 is 2.25 bits per heavy atom. The van der Waals surface area contributed by atoms with Crippen LogP contribution in [0.2, 0.25) is 0 Å². The molecule has 2 atom stereocenters. The average Bonchev–Trinajstić information content (AvgIpc) is 2.73. The molecule has 4 heterocycles. The van der Waals surface area contributed by atoms with E-state index in [0.717, 1.165) is 44.7 Å². The summed E-state index contributed by atoms with van der Waals surface area (Å²) in [6.45, 7) is 5.03. The van der Waals surface area contributed by atoms with Crippen LogP contribution in [0.4, 0.5) is 0 Å². The molecule has 0 aromatic carbocycles. The fourth-order valence-electron chi connectivity index (χ4n) is 3.49. The topological polar surface area (TPSA) is 49.6 Å². The van der Waals surface area contributed by atoms with E-state index in [4.69, 9.17) is 4.52 Å². The van der Waals surface area contributed by atoms with E-state index in [2.05, 4.69) is 24.0 Å². The summed E-state index contributed by atoms with van der Waals surface area (Å²) in [6.07, 6.45) is 4.19. The van der Waals surface area contributed by atoms with Crippen molar-refractivity contribution in [2.24, 2.45) is 5.92 Å². The first-order valence-corrected chi connectivity index (χ1v) is 7.62. The number of carbonyl (C=O) groups excluding carboxylic acids is 1. The highest BCUT2D eigenvalue weighted by molar-refractivity contribution is 5.92. The molecule has 0 spiro atoms. The van der Waals surface area contributed by atoms with E-state index >= 15 is 0 Å². The molecule has 0 aliphatic carbocycles. The van der Waals surface area contributed by atoms with Crippen LogP contribution in [0.5, 0.6) is 0 Å². The predicted molar refractivity (Wildman–Crippen MR) is 75.5 cm³/mol. The molecular formula is C15H23N3O2. The molecule has 5 heteroatoms. The highest BCUT2D eigenvalue weighted by Crippen LogP contribution is 2.28. The van der Waals surface area contributed by atoms with Gasteiger partial charge in [-0.3, -0.25) is 4.79 Å². The molecule has 3 saturated heterocycles. The van der Waals surface area contributed by atoms with Crippen molar-refractivity contribution in [1.29, 1.82) is 0 Å². The van der Waals surface area contributed by atoms with Crippen molar-refractivity contribution in [2.75, 3.05) is 26.7 Å². The number of hydrogen-bond donors (Lipinski definition) is 0. The minimum absolute atomic E-state index is 0.0427. The molecular weight excluding hydrogens is 254 g/mol. The summed E-state index contributed by atoms with van der Waals surface area (Å²) in [4.78, 5) is 17.0. The van der Waals surface area contributed by atoms with Crippen molar-refractivity contribution in [3.05, 3.63) is 17.5 Å². The van der Waals surface area contributed by atoms with Gasteiger partial charge in [0.1, 0.15) is 5.76 Å². The van der Waals surface area contributed by atoms with E-state index in [1.165, 1.54) is 6.42 Å². The molecule has 3 fully saturated rings. The molecule has 1 aromatic rings. The highest BCUT2D eigenvalue weighted by Gasteiger charge is 2.37. The van der Waals surface area contributed by atoms with E-state index < -0.39 is 0 Å². The van der Waals surface area contributed by atoms with Crippen LogP contribution >= 0.6 is 0 Å². The number of carbonyl (C=O) groups is 1. The standard InChI is InChI=1S/C15H23N3O2/c1-3-4-13-7-14(16-20-13)15(19)18-9-11-5-6-12(18)10-17(2)8-11/h7,11-12H,3-6,8-10H2,1-2H3/t11-,12+/m1/s1.